The van der Waals surface area contributed by atoms with Gasteiger partial charge in [0.15, 0.2) is 0 Å². The Morgan fingerprint density at radius 2 is 1.65 bits per heavy atom. The molecule has 0 spiro atoms. The Morgan fingerprint density at radius 1 is 0.941 bits per heavy atom. The molecule has 1 rings (SSSR count). The second-order valence-corrected chi connectivity index (χ2v) is 5.39. The van der Waals surface area contributed by atoms with E-state index in [4.69, 9.17) is 0 Å². The summed E-state index contributed by atoms with van der Waals surface area (Å²) in [5.74, 6) is 1.49. The minimum absolute atomic E-state index is 0.661. The lowest BCUT2D eigenvalue weighted by Gasteiger charge is -2.12. The Balaban J connectivity index is 2.07. The first kappa shape index (κ1) is 14.2. The van der Waals surface area contributed by atoms with Gasteiger partial charge < -0.3 is 5.32 Å². The molecule has 1 aromatic rings. The van der Waals surface area contributed by atoms with Crippen LogP contribution in [0.2, 0.25) is 0 Å². The van der Waals surface area contributed by atoms with E-state index in [1.807, 2.05) is 0 Å². The molecule has 0 radical (unpaired) electrons. The van der Waals surface area contributed by atoms with Gasteiger partial charge in [0.05, 0.1) is 0 Å². The highest BCUT2D eigenvalue weighted by atomic mass is 14.8. The number of nitrogens with one attached hydrogen (secondary N) is 1. The van der Waals surface area contributed by atoms with E-state index in [1.165, 1.54) is 31.4 Å². The van der Waals surface area contributed by atoms with E-state index in [9.17, 15) is 0 Å². The van der Waals surface area contributed by atoms with Gasteiger partial charge in [0.25, 0.3) is 0 Å². The zero-order valence-corrected chi connectivity index (χ0v) is 11.6. The van der Waals surface area contributed by atoms with Crippen LogP contribution in [0, 0.1) is 5.92 Å². The van der Waals surface area contributed by atoms with Crippen LogP contribution in [0.25, 0.3) is 0 Å². The summed E-state index contributed by atoms with van der Waals surface area (Å²) < 4.78 is 0. The summed E-state index contributed by atoms with van der Waals surface area (Å²) in [6.07, 6.45) is 3.87. The monoisotopic (exact) mass is 233 g/mol. The molecule has 0 bridgehead atoms. The summed E-state index contributed by atoms with van der Waals surface area (Å²) >= 11 is 0. The summed E-state index contributed by atoms with van der Waals surface area (Å²) in [5.41, 5.74) is 1.46. The number of hydrogen-bond acceptors (Lipinski definition) is 1. The lowest BCUT2D eigenvalue weighted by molar-refractivity contribution is 0.515. The molecule has 17 heavy (non-hydrogen) atoms. The SMILES string of the molecule is CC(C)CCCNCCC(C)c1ccccc1. The first-order chi connectivity index (χ1) is 8.20. The van der Waals surface area contributed by atoms with Gasteiger partial charge in [0, 0.05) is 0 Å². The van der Waals surface area contributed by atoms with Gasteiger partial charge in [0.2, 0.25) is 0 Å². The number of hydrogen-bond donors (Lipinski definition) is 1. The third-order valence-electron chi connectivity index (χ3n) is 3.26. The average Bonchev–Trinajstić information content (AvgIpc) is 2.34. The summed E-state index contributed by atoms with van der Waals surface area (Å²) in [7, 11) is 0. The molecule has 1 atom stereocenters. The average molecular weight is 233 g/mol. The van der Waals surface area contributed by atoms with Crippen molar-refractivity contribution in [2.45, 2.75) is 46.0 Å². The largest absolute Gasteiger partial charge is 0.317 e. The van der Waals surface area contributed by atoms with Crippen molar-refractivity contribution in [1.29, 1.82) is 0 Å². The predicted molar refractivity (Wildman–Crippen MR) is 76.4 cm³/mol. The molecule has 0 saturated carbocycles. The first-order valence-electron chi connectivity index (χ1n) is 6.96. The van der Waals surface area contributed by atoms with Crippen LogP contribution in [0.3, 0.4) is 0 Å². The minimum Gasteiger partial charge on any atom is -0.317 e. The van der Waals surface area contributed by atoms with Crippen LogP contribution >= 0.6 is 0 Å². The number of benzene rings is 1. The third-order valence-corrected chi connectivity index (χ3v) is 3.26. The Bertz CT molecular complexity index is 279. The highest BCUT2D eigenvalue weighted by Gasteiger charge is 2.03. The van der Waals surface area contributed by atoms with E-state index >= 15 is 0 Å². The van der Waals surface area contributed by atoms with E-state index < -0.39 is 0 Å². The van der Waals surface area contributed by atoms with Crippen molar-refractivity contribution in [2.24, 2.45) is 5.92 Å². The predicted octanol–water partition coefficient (Wildman–Crippen LogP) is 4.21. The van der Waals surface area contributed by atoms with Gasteiger partial charge in [-0.15, -0.1) is 0 Å². The molecule has 0 aliphatic heterocycles. The second-order valence-electron chi connectivity index (χ2n) is 5.39. The molecule has 0 aliphatic rings. The Hall–Kier alpha value is -0.820. The van der Waals surface area contributed by atoms with E-state index in [0.29, 0.717) is 5.92 Å². The van der Waals surface area contributed by atoms with E-state index in [2.05, 4.69) is 56.4 Å². The van der Waals surface area contributed by atoms with Gasteiger partial charge in [0.1, 0.15) is 0 Å². The van der Waals surface area contributed by atoms with Crippen molar-refractivity contribution >= 4 is 0 Å². The molecule has 1 N–H and O–H groups in total. The second kappa shape index (κ2) is 8.30. The molecule has 1 unspecified atom stereocenters. The molecule has 0 aliphatic carbocycles. The molecule has 1 nitrogen and oxygen atoms in total. The zero-order chi connectivity index (χ0) is 12.5. The molecular formula is C16H27N. The van der Waals surface area contributed by atoms with Gasteiger partial charge >= 0.3 is 0 Å². The van der Waals surface area contributed by atoms with Gasteiger partial charge in [-0.3, -0.25) is 0 Å². The Labute approximate surface area is 107 Å². The lowest BCUT2D eigenvalue weighted by atomic mass is 9.98. The van der Waals surface area contributed by atoms with Crippen molar-refractivity contribution in [3.05, 3.63) is 35.9 Å². The van der Waals surface area contributed by atoms with Gasteiger partial charge in [-0.25, -0.2) is 0 Å². The third kappa shape index (κ3) is 6.48. The van der Waals surface area contributed by atoms with Crippen LogP contribution in [0.4, 0.5) is 0 Å². The quantitative estimate of drug-likeness (QED) is 0.663. The van der Waals surface area contributed by atoms with Crippen molar-refractivity contribution in [3.8, 4) is 0 Å². The standard InChI is InChI=1S/C16H27N/c1-14(2)8-7-12-17-13-11-15(3)16-9-5-4-6-10-16/h4-6,9-10,14-15,17H,7-8,11-13H2,1-3H3. The maximum Gasteiger partial charge on any atom is -0.00432 e. The van der Waals surface area contributed by atoms with Crippen LogP contribution in [0.1, 0.15) is 51.5 Å². The molecule has 0 heterocycles. The van der Waals surface area contributed by atoms with Crippen molar-refractivity contribution in [1.82, 2.24) is 5.32 Å². The normalized spacial score (nSPS) is 12.9. The van der Waals surface area contributed by atoms with E-state index in [0.717, 1.165) is 12.5 Å². The highest BCUT2D eigenvalue weighted by molar-refractivity contribution is 5.18. The smallest absolute Gasteiger partial charge is 0.00432 e. The topological polar surface area (TPSA) is 12.0 Å². The Morgan fingerprint density at radius 3 is 2.29 bits per heavy atom. The van der Waals surface area contributed by atoms with Crippen LogP contribution in [0.15, 0.2) is 30.3 Å². The maximum atomic E-state index is 3.54. The maximum absolute atomic E-state index is 3.54. The van der Waals surface area contributed by atoms with Gasteiger partial charge in [-0.2, -0.15) is 0 Å². The van der Waals surface area contributed by atoms with Crippen LogP contribution in [-0.4, -0.2) is 13.1 Å². The Kier molecular flexibility index (Phi) is 6.95. The molecule has 96 valence electrons. The summed E-state index contributed by atoms with van der Waals surface area (Å²) in [5, 5.41) is 3.54. The fourth-order valence-electron chi connectivity index (χ4n) is 2.03. The molecule has 1 heteroatoms. The zero-order valence-electron chi connectivity index (χ0n) is 11.6. The molecule has 0 fully saturated rings. The molecule has 0 aromatic heterocycles. The van der Waals surface area contributed by atoms with Gasteiger partial charge in [-0.1, -0.05) is 51.1 Å². The highest BCUT2D eigenvalue weighted by Crippen LogP contribution is 2.17. The minimum atomic E-state index is 0.661. The number of rotatable bonds is 8. The first-order valence-corrected chi connectivity index (χ1v) is 6.96. The molecular weight excluding hydrogens is 206 g/mol. The van der Waals surface area contributed by atoms with Crippen molar-refractivity contribution in [2.75, 3.05) is 13.1 Å². The van der Waals surface area contributed by atoms with Crippen LogP contribution < -0.4 is 5.32 Å². The van der Waals surface area contributed by atoms with Crippen molar-refractivity contribution in [3.63, 3.8) is 0 Å². The van der Waals surface area contributed by atoms with Crippen molar-refractivity contribution < 1.29 is 0 Å². The van der Waals surface area contributed by atoms with Crippen LogP contribution in [-0.2, 0) is 0 Å². The fraction of sp³-hybridized carbons (Fsp3) is 0.625. The van der Waals surface area contributed by atoms with Crippen LogP contribution in [0.5, 0.6) is 0 Å². The lowest BCUT2D eigenvalue weighted by Crippen LogP contribution is -2.18. The molecule has 0 amide bonds. The molecule has 0 saturated heterocycles. The summed E-state index contributed by atoms with van der Waals surface area (Å²) in [6, 6.07) is 10.8. The summed E-state index contributed by atoms with van der Waals surface area (Å²) in [6.45, 7) is 9.19. The van der Waals surface area contributed by atoms with E-state index in [1.54, 1.807) is 0 Å². The van der Waals surface area contributed by atoms with Gasteiger partial charge in [-0.05, 0) is 49.8 Å². The fourth-order valence-corrected chi connectivity index (χ4v) is 2.03. The summed E-state index contributed by atoms with van der Waals surface area (Å²) in [4.78, 5) is 0. The molecule has 1 aromatic carbocycles. The van der Waals surface area contributed by atoms with E-state index in [-0.39, 0.29) is 0 Å².